The second-order valence-electron chi connectivity index (χ2n) is 5.47. The Kier molecular flexibility index (Phi) is 13.6. The maximum absolute atomic E-state index is 11.8. The molecule has 15 nitrogen and oxygen atoms in total. The molecule has 2 aromatic rings. The Morgan fingerprint density at radius 1 is 1.23 bits per heavy atom. The number of aromatic amines is 1. The quantitative estimate of drug-likeness (QED) is 0.166. The van der Waals surface area contributed by atoms with Crippen molar-refractivity contribution in [2.75, 3.05) is 6.61 Å². The molecule has 3 rings (SSSR count). The normalized spacial score (nSPS) is 25.2. The second kappa shape index (κ2) is 12.8. The van der Waals surface area contributed by atoms with E-state index in [2.05, 4.69) is 39.7 Å². The van der Waals surface area contributed by atoms with Gasteiger partial charge >= 0.3 is 88.7 Å². The van der Waals surface area contributed by atoms with E-state index in [0.29, 0.717) is 0 Å². The zero-order valence-electron chi connectivity index (χ0n) is 16.3. The molecule has 0 bridgehead atoms. The molecule has 2 aromatic heterocycles. The average molecular weight is 573 g/mol. The number of H-pyrrole nitrogens is 1. The third kappa shape index (κ3) is 7.98. The van der Waals surface area contributed by atoms with Gasteiger partial charge in [-0.2, -0.15) is 0 Å². The van der Waals surface area contributed by atoms with Crippen LogP contribution in [0.5, 0.6) is 0 Å². The number of aliphatic hydroxyl groups excluding tert-OH is 2. The molecule has 1 aliphatic rings. The molecule has 156 valence electrons. The zero-order chi connectivity index (χ0) is 20.9. The Hall–Kier alpha value is 1.97. The zero-order valence-corrected chi connectivity index (χ0v) is 25.7. The number of fused-ring (bicyclic) bond motifs is 1. The van der Waals surface area contributed by atoms with Crippen LogP contribution in [0.2, 0.25) is 0 Å². The summed E-state index contributed by atoms with van der Waals surface area (Å²) in [5, 5.41) is 20.3. The maximum atomic E-state index is 11.8. The van der Waals surface area contributed by atoms with Gasteiger partial charge in [0.25, 0.3) is 13.4 Å². The van der Waals surface area contributed by atoms with Gasteiger partial charge in [-0.05, 0) is 15.9 Å². The third-order valence-electron chi connectivity index (χ3n) is 3.63. The first kappa shape index (κ1) is 33.0. The van der Waals surface area contributed by atoms with Gasteiger partial charge in [-0.3, -0.25) is 18.2 Å². The molecular weight excluding hydrogens is 563 g/mol. The summed E-state index contributed by atoms with van der Waals surface area (Å²) < 4.78 is 35.7. The first-order valence-electron chi connectivity index (χ1n) is 7.21. The van der Waals surface area contributed by atoms with E-state index in [9.17, 15) is 38.8 Å². The van der Waals surface area contributed by atoms with Gasteiger partial charge in [-0.25, -0.2) is 9.97 Å². The number of hydrogen-bond donors (Lipinski definition) is 3. The van der Waals surface area contributed by atoms with E-state index in [-0.39, 0.29) is 105 Å². The number of rotatable bonds is 6. The molecule has 21 heteroatoms. The molecule has 0 amide bonds. The molecule has 31 heavy (non-hydrogen) atoms. The summed E-state index contributed by atoms with van der Waals surface area (Å²) in [6.45, 7) is -0.978. The van der Waals surface area contributed by atoms with Crippen molar-refractivity contribution in [2.24, 2.45) is 0 Å². The van der Waals surface area contributed by atoms with Gasteiger partial charge in [0.15, 0.2) is 22.1 Å². The molecule has 1 aliphatic heterocycles. The third-order valence-corrected chi connectivity index (χ3v) is 6.25. The van der Waals surface area contributed by atoms with Gasteiger partial charge in [0, 0.05) is 0 Å². The van der Waals surface area contributed by atoms with Crippen LogP contribution in [0.4, 0.5) is 0 Å². The van der Waals surface area contributed by atoms with Crippen molar-refractivity contribution in [1.29, 1.82) is 0 Å². The SMILES string of the molecule is O=c1[nH]cnc2c1nc(Br)n2C1OC(COP(=O)([O-])OP(=O)([O-])[O-])C(O)C1O.[Na+].[Na+].[Na+]. The molecule has 0 aromatic carbocycles. The van der Waals surface area contributed by atoms with Crippen LogP contribution >= 0.6 is 31.6 Å². The van der Waals surface area contributed by atoms with Gasteiger partial charge in [0.05, 0.1) is 20.8 Å². The number of ether oxygens (including phenoxy) is 1. The number of halogens is 1. The first-order valence-corrected chi connectivity index (χ1v) is 10.9. The van der Waals surface area contributed by atoms with Crippen molar-refractivity contribution in [3.05, 3.63) is 21.4 Å². The van der Waals surface area contributed by atoms with Crippen LogP contribution in [0.1, 0.15) is 6.23 Å². The molecule has 1 saturated heterocycles. The van der Waals surface area contributed by atoms with E-state index in [4.69, 9.17) is 4.74 Å². The number of imidazole rings is 1. The monoisotopic (exact) mass is 572 g/mol. The Bertz CT molecular complexity index is 1050. The van der Waals surface area contributed by atoms with Crippen LogP contribution in [-0.2, 0) is 22.7 Å². The fourth-order valence-electron chi connectivity index (χ4n) is 2.51. The van der Waals surface area contributed by atoms with Gasteiger partial charge in [0.2, 0.25) is 0 Å². The van der Waals surface area contributed by atoms with Gasteiger partial charge in [-0.15, -0.1) is 0 Å². The summed E-state index contributed by atoms with van der Waals surface area (Å²) >= 11 is 3.06. The molecule has 0 saturated carbocycles. The molecule has 3 heterocycles. The van der Waals surface area contributed by atoms with Crippen molar-refractivity contribution in [3.8, 4) is 0 Å². The van der Waals surface area contributed by atoms with Gasteiger partial charge < -0.3 is 43.7 Å². The Balaban J connectivity index is 0.00000300. The fraction of sp³-hybridized carbons (Fsp3) is 0.500. The van der Waals surface area contributed by atoms with Gasteiger partial charge in [-0.1, -0.05) is 0 Å². The largest absolute Gasteiger partial charge is 1.00 e. The van der Waals surface area contributed by atoms with Crippen LogP contribution in [0.3, 0.4) is 0 Å². The summed E-state index contributed by atoms with van der Waals surface area (Å²) in [6.07, 6.45) is -5.10. The topological polar surface area (TPSA) is 235 Å². The van der Waals surface area contributed by atoms with Crippen molar-refractivity contribution in [1.82, 2.24) is 19.5 Å². The predicted octanol–water partition coefficient (Wildman–Crippen LogP) is -12.2. The Morgan fingerprint density at radius 3 is 2.42 bits per heavy atom. The molecule has 1 fully saturated rings. The minimum absolute atomic E-state index is 0. The van der Waals surface area contributed by atoms with Crippen LogP contribution in [0.15, 0.2) is 15.9 Å². The van der Waals surface area contributed by atoms with Crippen LogP contribution in [-0.4, -0.2) is 54.7 Å². The van der Waals surface area contributed by atoms with Crippen molar-refractivity contribution in [3.63, 3.8) is 0 Å². The van der Waals surface area contributed by atoms with E-state index >= 15 is 0 Å². The Morgan fingerprint density at radius 2 is 1.84 bits per heavy atom. The van der Waals surface area contributed by atoms with Crippen molar-refractivity contribution < 1.29 is 136 Å². The summed E-state index contributed by atoms with van der Waals surface area (Å²) in [5.41, 5.74) is -0.690. The molecule has 5 unspecified atom stereocenters. The van der Waals surface area contributed by atoms with Crippen LogP contribution in [0.25, 0.3) is 11.2 Å². The van der Waals surface area contributed by atoms with Crippen LogP contribution < -0.4 is 109 Å². The second-order valence-corrected chi connectivity index (χ2v) is 8.88. The molecule has 0 spiro atoms. The summed E-state index contributed by atoms with van der Waals surface area (Å²) in [6, 6.07) is 0. The summed E-state index contributed by atoms with van der Waals surface area (Å²) in [4.78, 5) is 54.0. The minimum Gasteiger partial charge on any atom is -0.790 e. The van der Waals surface area contributed by atoms with E-state index < -0.39 is 52.4 Å². The smallest absolute Gasteiger partial charge is 0.790 e. The fourth-order valence-corrected chi connectivity index (χ4v) is 4.56. The molecule has 0 radical (unpaired) electrons. The maximum Gasteiger partial charge on any atom is 1.00 e. The van der Waals surface area contributed by atoms with Crippen molar-refractivity contribution in [2.45, 2.75) is 24.5 Å². The molecule has 0 aliphatic carbocycles. The average Bonchev–Trinajstić information content (AvgIpc) is 3.02. The number of phosphoric acid groups is 2. The van der Waals surface area contributed by atoms with E-state index in [1.54, 1.807) is 0 Å². The number of hydrogen-bond acceptors (Lipinski definition) is 13. The first-order chi connectivity index (χ1) is 12.9. The Labute approximate surface area is 248 Å². The number of nitrogens with one attached hydrogen (secondary N) is 1. The summed E-state index contributed by atoms with van der Waals surface area (Å²) in [5.74, 6) is 0. The van der Waals surface area contributed by atoms with E-state index in [0.717, 1.165) is 10.9 Å². The van der Waals surface area contributed by atoms with E-state index in [1.807, 2.05) is 0 Å². The van der Waals surface area contributed by atoms with E-state index in [1.165, 1.54) is 0 Å². The van der Waals surface area contributed by atoms with Crippen LogP contribution in [0, 0.1) is 0 Å². The number of phosphoric ester groups is 1. The van der Waals surface area contributed by atoms with Crippen molar-refractivity contribution >= 4 is 42.7 Å². The molecular formula is C10H10BrN4Na3O11P2. The number of aromatic nitrogens is 4. The summed E-state index contributed by atoms with van der Waals surface area (Å²) in [7, 11) is -11.4. The van der Waals surface area contributed by atoms with Gasteiger partial charge in [0.1, 0.15) is 18.3 Å². The standard InChI is InChI=1S/C10H13BrN4O11P2.3Na/c11-10-14-4-7(12-2-13-8(4)18)15(10)9-6(17)5(16)3(25-9)1-24-28(22,23)26-27(19,20)21;;;/h2-3,5-6,9,16-17H,1H2,(H,22,23)(H,12,13,18)(H2,19,20,21);;;/q;3*+1/p-3. The molecule has 5 atom stereocenters. The number of nitrogens with zero attached hydrogens (tertiary/aromatic N) is 3. The number of aliphatic hydroxyl groups is 2. The minimum atomic E-state index is -5.88. The molecule has 3 N–H and O–H groups in total. The predicted molar refractivity (Wildman–Crippen MR) is 84.0 cm³/mol.